The van der Waals surface area contributed by atoms with E-state index in [-0.39, 0.29) is 17.1 Å². The molecule has 0 fully saturated rings. The number of hydrogen-bond donors (Lipinski definition) is 2. The first-order valence-corrected chi connectivity index (χ1v) is 6.71. The van der Waals surface area contributed by atoms with Crippen molar-refractivity contribution in [1.29, 1.82) is 0 Å². The maximum absolute atomic E-state index is 11.7. The van der Waals surface area contributed by atoms with E-state index in [9.17, 15) is 14.4 Å². The minimum Gasteiger partial charge on any atom is -0.479 e. The number of hydrogen-bond acceptors (Lipinski definition) is 6. The molecule has 0 amide bonds. The largest absolute Gasteiger partial charge is 0.479 e. The molecule has 8 heteroatoms. The first-order chi connectivity index (χ1) is 10.9. The molecule has 0 aliphatic heterocycles. The number of aliphatic carboxylic acids is 2. The summed E-state index contributed by atoms with van der Waals surface area (Å²) in [7, 11) is 0. The Morgan fingerprint density at radius 1 is 1.13 bits per heavy atom. The van der Waals surface area contributed by atoms with E-state index >= 15 is 0 Å². The van der Waals surface area contributed by atoms with Gasteiger partial charge in [0.15, 0.2) is 24.5 Å². The van der Waals surface area contributed by atoms with Crippen LogP contribution in [0.4, 0.5) is 0 Å². The van der Waals surface area contributed by atoms with Crippen LogP contribution in [-0.2, 0) is 16.0 Å². The summed E-state index contributed by atoms with van der Waals surface area (Å²) in [6, 6.07) is 4.38. The van der Waals surface area contributed by atoms with Crippen molar-refractivity contribution in [3.63, 3.8) is 0 Å². The fourth-order valence-electron chi connectivity index (χ4n) is 2.07. The molecule has 2 N–H and O–H groups in total. The van der Waals surface area contributed by atoms with E-state index in [1.54, 1.807) is 6.07 Å². The van der Waals surface area contributed by atoms with Gasteiger partial charge in [0.1, 0.15) is 0 Å². The number of fused-ring (bicyclic) bond motifs is 1. The molecule has 1 aromatic heterocycles. The highest BCUT2D eigenvalue weighted by molar-refractivity contribution is 5.88. The molecule has 0 saturated carbocycles. The first-order valence-electron chi connectivity index (χ1n) is 6.71. The second kappa shape index (κ2) is 6.82. The second-order valence-electron chi connectivity index (χ2n) is 4.58. The molecular weight excluding hydrogens is 308 g/mol. The Morgan fingerprint density at radius 2 is 1.78 bits per heavy atom. The molecule has 2 aromatic rings. The number of carboxylic acid groups (broad SMARTS) is 2. The maximum atomic E-state index is 11.7. The summed E-state index contributed by atoms with van der Waals surface area (Å²) in [5.74, 6) is -2.57. The van der Waals surface area contributed by atoms with Crippen molar-refractivity contribution in [2.45, 2.75) is 13.3 Å². The van der Waals surface area contributed by atoms with Gasteiger partial charge in [0, 0.05) is 11.5 Å². The molecule has 2 rings (SSSR count). The normalized spacial score (nSPS) is 10.5. The van der Waals surface area contributed by atoms with Crippen LogP contribution in [0.25, 0.3) is 11.0 Å². The zero-order valence-electron chi connectivity index (χ0n) is 12.2. The molecule has 0 bridgehead atoms. The maximum Gasteiger partial charge on any atom is 0.341 e. The van der Waals surface area contributed by atoms with Crippen molar-refractivity contribution < 1.29 is 33.7 Å². The molecule has 0 aliphatic carbocycles. The van der Waals surface area contributed by atoms with Gasteiger partial charge in [-0.1, -0.05) is 6.92 Å². The molecule has 0 aliphatic rings. The summed E-state index contributed by atoms with van der Waals surface area (Å²) in [6.07, 6.45) is 0.551. The molecule has 0 radical (unpaired) electrons. The Morgan fingerprint density at radius 3 is 2.39 bits per heavy atom. The SMILES string of the molecule is CCc1cc(=O)oc2c(OCC(=O)O)c(OCC(=O)O)ccc12. The highest BCUT2D eigenvalue weighted by Gasteiger charge is 2.17. The number of rotatable bonds is 7. The number of aryl methyl sites for hydroxylation is 1. The summed E-state index contributed by atoms with van der Waals surface area (Å²) in [5, 5.41) is 18.0. The molecule has 1 heterocycles. The number of carbonyl (C=O) groups is 2. The van der Waals surface area contributed by atoms with Crippen molar-refractivity contribution in [3.8, 4) is 11.5 Å². The Hall–Kier alpha value is -3.03. The summed E-state index contributed by atoms with van der Waals surface area (Å²) in [6.45, 7) is 0.510. The van der Waals surface area contributed by atoms with Crippen LogP contribution in [0.2, 0.25) is 0 Å². The Bertz CT molecular complexity index is 805. The van der Waals surface area contributed by atoms with E-state index < -0.39 is 30.8 Å². The van der Waals surface area contributed by atoms with Crippen LogP contribution in [-0.4, -0.2) is 35.4 Å². The van der Waals surface area contributed by atoms with Gasteiger partial charge < -0.3 is 24.1 Å². The minimum absolute atomic E-state index is 0.0162. The van der Waals surface area contributed by atoms with Gasteiger partial charge in [-0.15, -0.1) is 0 Å². The van der Waals surface area contributed by atoms with Gasteiger partial charge in [0.25, 0.3) is 0 Å². The van der Waals surface area contributed by atoms with Gasteiger partial charge in [-0.25, -0.2) is 14.4 Å². The third kappa shape index (κ3) is 3.79. The summed E-state index contributed by atoms with van der Waals surface area (Å²) >= 11 is 0. The van der Waals surface area contributed by atoms with E-state index in [1.165, 1.54) is 12.1 Å². The quantitative estimate of drug-likeness (QED) is 0.731. The summed E-state index contributed by atoms with van der Waals surface area (Å²) in [4.78, 5) is 33.0. The van der Waals surface area contributed by atoms with Crippen molar-refractivity contribution in [3.05, 3.63) is 34.2 Å². The van der Waals surface area contributed by atoms with E-state index in [0.29, 0.717) is 17.4 Å². The van der Waals surface area contributed by atoms with Crippen molar-refractivity contribution >= 4 is 22.9 Å². The lowest BCUT2D eigenvalue weighted by molar-refractivity contribution is -0.140. The molecule has 122 valence electrons. The zero-order valence-corrected chi connectivity index (χ0v) is 12.2. The lowest BCUT2D eigenvalue weighted by atomic mass is 10.1. The second-order valence-corrected chi connectivity index (χ2v) is 4.58. The van der Waals surface area contributed by atoms with E-state index in [0.717, 1.165) is 0 Å². The first kappa shape index (κ1) is 16.3. The van der Waals surface area contributed by atoms with Gasteiger partial charge >= 0.3 is 17.6 Å². The lowest BCUT2D eigenvalue weighted by Gasteiger charge is -2.13. The molecular formula is C15H14O8. The predicted octanol–water partition coefficient (Wildman–Crippen LogP) is 1.28. The van der Waals surface area contributed by atoms with Gasteiger partial charge in [0.05, 0.1) is 0 Å². The molecule has 8 nitrogen and oxygen atoms in total. The number of carboxylic acids is 2. The topological polar surface area (TPSA) is 123 Å². The van der Waals surface area contributed by atoms with Crippen LogP contribution in [0.15, 0.2) is 27.4 Å². The standard InChI is InChI=1S/C15H14O8/c1-2-8-5-13(20)23-14-9(8)3-4-10(21-6-11(16)17)15(14)22-7-12(18)19/h3-5H,2,6-7H2,1H3,(H,16,17)(H,18,19). The Kier molecular flexibility index (Phi) is 4.85. The van der Waals surface area contributed by atoms with Crippen molar-refractivity contribution in [2.24, 2.45) is 0 Å². The van der Waals surface area contributed by atoms with Gasteiger partial charge in [-0.2, -0.15) is 0 Å². The highest BCUT2D eigenvalue weighted by atomic mass is 16.5. The Balaban J connectivity index is 2.61. The highest BCUT2D eigenvalue weighted by Crippen LogP contribution is 2.36. The van der Waals surface area contributed by atoms with Gasteiger partial charge in [-0.3, -0.25) is 0 Å². The van der Waals surface area contributed by atoms with Crippen LogP contribution >= 0.6 is 0 Å². The summed E-state index contributed by atoms with van der Waals surface area (Å²) in [5.41, 5.74) is 0.101. The lowest BCUT2D eigenvalue weighted by Crippen LogP contribution is -2.14. The fourth-order valence-corrected chi connectivity index (χ4v) is 2.07. The average molecular weight is 322 g/mol. The van der Waals surface area contributed by atoms with Crippen LogP contribution in [0.1, 0.15) is 12.5 Å². The molecule has 0 unspecified atom stereocenters. The van der Waals surface area contributed by atoms with E-state index in [1.807, 2.05) is 6.92 Å². The Labute approximate surface area is 129 Å². The van der Waals surface area contributed by atoms with Crippen LogP contribution < -0.4 is 15.1 Å². The third-order valence-corrected chi connectivity index (χ3v) is 2.99. The predicted molar refractivity (Wildman–Crippen MR) is 78.1 cm³/mol. The molecule has 23 heavy (non-hydrogen) atoms. The van der Waals surface area contributed by atoms with Crippen molar-refractivity contribution in [1.82, 2.24) is 0 Å². The number of ether oxygens (including phenoxy) is 2. The minimum atomic E-state index is -1.24. The fraction of sp³-hybridized carbons (Fsp3) is 0.267. The smallest absolute Gasteiger partial charge is 0.341 e. The van der Waals surface area contributed by atoms with Gasteiger partial charge in [-0.05, 0) is 24.1 Å². The van der Waals surface area contributed by atoms with Crippen molar-refractivity contribution in [2.75, 3.05) is 13.2 Å². The molecule has 0 saturated heterocycles. The van der Waals surface area contributed by atoms with E-state index in [2.05, 4.69) is 0 Å². The average Bonchev–Trinajstić information content (AvgIpc) is 2.49. The van der Waals surface area contributed by atoms with E-state index in [4.69, 9.17) is 24.1 Å². The molecule has 1 aromatic carbocycles. The monoisotopic (exact) mass is 322 g/mol. The van der Waals surface area contributed by atoms with Crippen LogP contribution in [0.5, 0.6) is 11.5 Å². The van der Waals surface area contributed by atoms with Gasteiger partial charge in [0.2, 0.25) is 5.75 Å². The summed E-state index contributed by atoms with van der Waals surface area (Å²) < 4.78 is 15.3. The zero-order chi connectivity index (χ0) is 17.0. The van der Waals surface area contributed by atoms with Crippen LogP contribution in [0, 0.1) is 0 Å². The number of benzene rings is 1. The molecule has 0 spiro atoms. The molecule has 0 atom stereocenters. The van der Waals surface area contributed by atoms with Crippen LogP contribution in [0.3, 0.4) is 0 Å². The third-order valence-electron chi connectivity index (χ3n) is 2.99.